The molecular formula is C11H9NO5. The summed E-state index contributed by atoms with van der Waals surface area (Å²) in [6.45, 7) is 0. The van der Waals surface area contributed by atoms with Crippen molar-refractivity contribution in [1.82, 2.24) is 0 Å². The molecule has 6 nitrogen and oxygen atoms in total. The van der Waals surface area contributed by atoms with E-state index >= 15 is 0 Å². The molecule has 1 aromatic carbocycles. The number of carbonyl (C=O) groups excluding carboxylic acids is 2. The summed E-state index contributed by atoms with van der Waals surface area (Å²) in [4.78, 5) is 33.7. The average molecular weight is 235 g/mol. The van der Waals surface area contributed by atoms with Gasteiger partial charge in [-0.1, -0.05) is 6.07 Å². The summed E-state index contributed by atoms with van der Waals surface area (Å²) in [5.74, 6) is -3.28. The van der Waals surface area contributed by atoms with Gasteiger partial charge in [-0.2, -0.15) is 0 Å². The summed E-state index contributed by atoms with van der Waals surface area (Å²) in [5.41, 5.74) is 0.826. The molecule has 0 bridgehead atoms. The molecule has 1 atom stereocenters. The molecule has 0 fully saturated rings. The largest absolute Gasteiger partial charge is 0.478 e. The van der Waals surface area contributed by atoms with E-state index in [1.54, 1.807) is 0 Å². The Morgan fingerprint density at radius 3 is 2.71 bits per heavy atom. The van der Waals surface area contributed by atoms with Crippen LogP contribution in [-0.4, -0.2) is 30.1 Å². The fourth-order valence-corrected chi connectivity index (χ4v) is 1.75. The summed E-state index contributed by atoms with van der Waals surface area (Å²) in [6, 6.07) is 4.11. The molecule has 2 rings (SSSR count). The van der Waals surface area contributed by atoms with Gasteiger partial charge >= 0.3 is 11.9 Å². The Bertz CT molecular complexity index is 523. The number of esters is 1. The van der Waals surface area contributed by atoms with Crippen LogP contribution in [0.4, 0.5) is 5.69 Å². The predicted octanol–water partition coefficient (Wildman–Crippen LogP) is 0.593. The number of benzene rings is 1. The van der Waals surface area contributed by atoms with Crippen molar-refractivity contribution in [2.75, 3.05) is 12.4 Å². The highest BCUT2D eigenvalue weighted by Crippen LogP contribution is 2.33. The molecule has 6 heteroatoms. The van der Waals surface area contributed by atoms with E-state index in [9.17, 15) is 14.4 Å². The fraction of sp³-hybridized carbons (Fsp3) is 0.182. The minimum Gasteiger partial charge on any atom is -0.478 e. The lowest BCUT2D eigenvalue weighted by atomic mass is 9.99. The molecule has 0 saturated heterocycles. The van der Waals surface area contributed by atoms with Crippen LogP contribution in [-0.2, 0) is 14.3 Å². The Labute approximate surface area is 96.2 Å². The summed E-state index contributed by atoms with van der Waals surface area (Å²) < 4.78 is 4.52. The number of methoxy groups -OCH3 is 1. The van der Waals surface area contributed by atoms with Gasteiger partial charge in [-0.05, 0) is 17.7 Å². The molecule has 0 radical (unpaired) electrons. The molecule has 1 aliphatic rings. The highest BCUT2D eigenvalue weighted by Gasteiger charge is 2.37. The van der Waals surface area contributed by atoms with Crippen molar-refractivity contribution in [3.63, 3.8) is 0 Å². The van der Waals surface area contributed by atoms with Gasteiger partial charge in [0.1, 0.15) is 0 Å². The van der Waals surface area contributed by atoms with Crippen LogP contribution in [0.3, 0.4) is 0 Å². The van der Waals surface area contributed by atoms with Crippen molar-refractivity contribution in [2.45, 2.75) is 5.92 Å². The van der Waals surface area contributed by atoms with Crippen LogP contribution in [0.15, 0.2) is 18.2 Å². The maximum atomic E-state index is 11.6. The van der Waals surface area contributed by atoms with Crippen molar-refractivity contribution < 1.29 is 24.2 Å². The van der Waals surface area contributed by atoms with Gasteiger partial charge in [-0.3, -0.25) is 9.59 Å². The van der Waals surface area contributed by atoms with Gasteiger partial charge in [0.15, 0.2) is 5.92 Å². The van der Waals surface area contributed by atoms with Gasteiger partial charge < -0.3 is 15.2 Å². The van der Waals surface area contributed by atoms with E-state index < -0.39 is 23.8 Å². The van der Waals surface area contributed by atoms with Gasteiger partial charge in [0.05, 0.1) is 12.7 Å². The first-order valence-electron chi connectivity index (χ1n) is 4.80. The zero-order valence-electron chi connectivity index (χ0n) is 8.89. The van der Waals surface area contributed by atoms with E-state index in [0.717, 1.165) is 0 Å². The number of fused-ring (bicyclic) bond motifs is 1. The predicted molar refractivity (Wildman–Crippen MR) is 56.8 cm³/mol. The number of aromatic carboxylic acids is 1. The maximum Gasteiger partial charge on any atom is 0.335 e. The number of anilines is 1. The second kappa shape index (κ2) is 3.89. The molecule has 2 N–H and O–H groups in total. The molecule has 0 spiro atoms. The molecule has 1 heterocycles. The smallest absolute Gasteiger partial charge is 0.335 e. The van der Waals surface area contributed by atoms with Crippen LogP contribution in [0.25, 0.3) is 0 Å². The Morgan fingerprint density at radius 2 is 2.12 bits per heavy atom. The van der Waals surface area contributed by atoms with Gasteiger partial charge in [0.25, 0.3) is 0 Å². The maximum absolute atomic E-state index is 11.6. The Morgan fingerprint density at radius 1 is 1.41 bits per heavy atom. The number of carboxylic acid groups (broad SMARTS) is 1. The highest BCUT2D eigenvalue weighted by molar-refractivity contribution is 6.15. The van der Waals surface area contributed by atoms with Crippen LogP contribution >= 0.6 is 0 Å². The molecular weight excluding hydrogens is 226 g/mol. The van der Waals surface area contributed by atoms with Crippen molar-refractivity contribution in [1.29, 1.82) is 0 Å². The minimum absolute atomic E-state index is 0.0505. The molecule has 1 aromatic rings. The van der Waals surface area contributed by atoms with Crippen LogP contribution in [0.2, 0.25) is 0 Å². The van der Waals surface area contributed by atoms with E-state index in [1.807, 2.05) is 0 Å². The Kier molecular flexibility index (Phi) is 2.55. The Hall–Kier alpha value is -2.37. The van der Waals surface area contributed by atoms with Crippen molar-refractivity contribution >= 4 is 23.5 Å². The molecule has 1 unspecified atom stereocenters. The number of hydrogen-bond acceptors (Lipinski definition) is 4. The van der Waals surface area contributed by atoms with Gasteiger partial charge in [0, 0.05) is 5.69 Å². The first kappa shape index (κ1) is 11.1. The summed E-state index contributed by atoms with van der Waals surface area (Å²) in [5, 5.41) is 11.3. The van der Waals surface area contributed by atoms with Gasteiger partial charge in [0.2, 0.25) is 5.91 Å². The second-order valence-corrected chi connectivity index (χ2v) is 3.55. The van der Waals surface area contributed by atoms with Crippen LogP contribution in [0, 0.1) is 0 Å². The third-order valence-corrected chi connectivity index (χ3v) is 2.57. The van der Waals surface area contributed by atoms with Crippen LogP contribution < -0.4 is 5.32 Å². The van der Waals surface area contributed by atoms with Gasteiger partial charge in [-0.15, -0.1) is 0 Å². The lowest BCUT2D eigenvalue weighted by Crippen LogP contribution is -2.21. The first-order valence-corrected chi connectivity index (χ1v) is 4.80. The Balaban J connectivity index is 2.45. The number of hydrogen-bond donors (Lipinski definition) is 2. The number of carboxylic acids is 1. The zero-order chi connectivity index (χ0) is 12.6. The minimum atomic E-state index is -1.09. The summed E-state index contributed by atoms with van der Waals surface area (Å²) in [6.07, 6.45) is 0. The molecule has 0 aromatic heterocycles. The van der Waals surface area contributed by atoms with E-state index in [0.29, 0.717) is 11.3 Å². The van der Waals surface area contributed by atoms with E-state index in [1.165, 1.54) is 25.3 Å². The molecule has 1 amide bonds. The number of nitrogens with one attached hydrogen (secondary N) is 1. The third-order valence-electron chi connectivity index (χ3n) is 2.57. The average Bonchev–Trinajstić information content (AvgIpc) is 2.62. The fourth-order valence-electron chi connectivity index (χ4n) is 1.75. The normalized spacial score (nSPS) is 17.2. The standard InChI is InChI=1S/C11H9NO5/c1-17-11(16)8-6-3-2-5(10(14)15)4-7(6)12-9(8)13/h2-4,8H,1H3,(H,12,13)(H,14,15). The molecule has 88 valence electrons. The SMILES string of the molecule is COC(=O)C1C(=O)Nc2cc(C(=O)O)ccc21. The number of carbonyl (C=O) groups is 3. The monoisotopic (exact) mass is 235 g/mol. The molecule has 0 saturated carbocycles. The third kappa shape index (κ3) is 1.73. The number of amides is 1. The van der Waals surface area contributed by atoms with E-state index in [4.69, 9.17) is 5.11 Å². The van der Waals surface area contributed by atoms with Crippen molar-refractivity contribution in [2.24, 2.45) is 0 Å². The lowest BCUT2D eigenvalue weighted by molar-refractivity contribution is -0.144. The highest BCUT2D eigenvalue weighted by atomic mass is 16.5. The van der Waals surface area contributed by atoms with E-state index in [2.05, 4.69) is 10.1 Å². The molecule has 17 heavy (non-hydrogen) atoms. The van der Waals surface area contributed by atoms with Crippen molar-refractivity contribution in [3.8, 4) is 0 Å². The first-order chi connectivity index (χ1) is 8.04. The van der Waals surface area contributed by atoms with Crippen LogP contribution in [0.5, 0.6) is 0 Å². The molecule has 0 aliphatic carbocycles. The zero-order valence-corrected chi connectivity index (χ0v) is 8.89. The second-order valence-electron chi connectivity index (χ2n) is 3.55. The summed E-state index contributed by atoms with van der Waals surface area (Å²) in [7, 11) is 1.19. The molecule has 1 aliphatic heterocycles. The quantitative estimate of drug-likeness (QED) is 0.578. The topological polar surface area (TPSA) is 92.7 Å². The van der Waals surface area contributed by atoms with Crippen LogP contribution in [0.1, 0.15) is 21.8 Å². The summed E-state index contributed by atoms with van der Waals surface area (Å²) >= 11 is 0. The number of ether oxygens (including phenoxy) is 1. The number of rotatable bonds is 2. The van der Waals surface area contributed by atoms with E-state index in [-0.39, 0.29) is 5.56 Å². The van der Waals surface area contributed by atoms with Gasteiger partial charge in [-0.25, -0.2) is 4.79 Å². The van der Waals surface area contributed by atoms with Crippen molar-refractivity contribution in [3.05, 3.63) is 29.3 Å². The lowest BCUT2D eigenvalue weighted by Gasteiger charge is -2.05.